The number of hydrogen-bond donors (Lipinski definition) is 0. The second-order valence-electron chi connectivity index (χ2n) is 5.94. The van der Waals surface area contributed by atoms with E-state index in [0.29, 0.717) is 11.1 Å². The molecule has 0 aliphatic heterocycles. The van der Waals surface area contributed by atoms with Crippen molar-refractivity contribution in [2.75, 3.05) is 0 Å². The van der Waals surface area contributed by atoms with Crippen LogP contribution in [0, 0.1) is 11.8 Å². The van der Waals surface area contributed by atoms with Gasteiger partial charge in [0.1, 0.15) is 0 Å². The average molecular weight is 266 g/mol. The van der Waals surface area contributed by atoms with Gasteiger partial charge in [0.05, 0.1) is 23.4 Å². The summed E-state index contributed by atoms with van der Waals surface area (Å²) in [5, 5.41) is 0. The Kier molecular flexibility index (Phi) is 3.97. The highest BCUT2D eigenvalue weighted by atomic mass is 16.5. The van der Waals surface area contributed by atoms with Crippen molar-refractivity contribution < 1.29 is 19.1 Å². The average Bonchev–Trinajstić information content (AvgIpc) is 2.85. The fourth-order valence-electron chi connectivity index (χ4n) is 3.05. The van der Waals surface area contributed by atoms with Crippen molar-refractivity contribution in [3.63, 3.8) is 0 Å². The molecule has 19 heavy (non-hydrogen) atoms. The van der Waals surface area contributed by atoms with Crippen molar-refractivity contribution in [3.8, 4) is 0 Å². The van der Waals surface area contributed by atoms with Gasteiger partial charge in [-0.15, -0.1) is 0 Å². The molecule has 0 radical (unpaired) electrons. The molecular weight excluding hydrogens is 244 g/mol. The third-order valence-electron chi connectivity index (χ3n) is 3.66. The molecule has 0 heterocycles. The highest BCUT2D eigenvalue weighted by Crippen LogP contribution is 2.49. The Hall–Kier alpha value is -1.32. The summed E-state index contributed by atoms with van der Waals surface area (Å²) in [7, 11) is 0. The van der Waals surface area contributed by atoms with Crippen molar-refractivity contribution in [2.24, 2.45) is 11.8 Å². The van der Waals surface area contributed by atoms with Crippen LogP contribution in [0.1, 0.15) is 47.0 Å². The quantitative estimate of drug-likeness (QED) is 0.734. The fraction of sp³-hybridized carbons (Fsp3) is 0.733. The van der Waals surface area contributed by atoms with Crippen LogP contribution in [0.2, 0.25) is 0 Å². The summed E-state index contributed by atoms with van der Waals surface area (Å²) < 4.78 is 10.5. The molecule has 0 spiro atoms. The maximum absolute atomic E-state index is 12.2. The third kappa shape index (κ3) is 2.82. The maximum Gasteiger partial charge on any atom is 0.335 e. The van der Waals surface area contributed by atoms with Crippen molar-refractivity contribution in [3.05, 3.63) is 11.1 Å². The van der Waals surface area contributed by atoms with E-state index in [-0.39, 0.29) is 36.0 Å². The zero-order valence-electron chi connectivity index (χ0n) is 12.1. The standard InChI is InChI=1S/C15H22O4/c1-8(2)18-14(16)12-10-5-6-11(7-10)13(12)15(17)19-9(3)4/h8-11H,5-7H2,1-4H3. The van der Waals surface area contributed by atoms with Crippen LogP contribution < -0.4 is 0 Å². The predicted molar refractivity (Wildman–Crippen MR) is 70.3 cm³/mol. The molecule has 106 valence electrons. The van der Waals surface area contributed by atoms with Crippen LogP contribution in [0.4, 0.5) is 0 Å². The molecule has 0 N–H and O–H groups in total. The molecule has 0 amide bonds. The van der Waals surface area contributed by atoms with E-state index in [4.69, 9.17) is 9.47 Å². The first kappa shape index (κ1) is 14.1. The number of ether oxygens (including phenoxy) is 2. The Morgan fingerprint density at radius 3 is 1.58 bits per heavy atom. The number of hydrogen-bond acceptors (Lipinski definition) is 4. The van der Waals surface area contributed by atoms with Gasteiger partial charge in [-0.25, -0.2) is 9.59 Å². The first-order valence-electron chi connectivity index (χ1n) is 7.06. The molecule has 1 fully saturated rings. The summed E-state index contributed by atoms with van der Waals surface area (Å²) in [4.78, 5) is 24.3. The summed E-state index contributed by atoms with van der Waals surface area (Å²) in [5.74, 6) is -0.298. The molecule has 0 aromatic carbocycles. The van der Waals surface area contributed by atoms with Crippen LogP contribution in [0.25, 0.3) is 0 Å². The number of carbonyl (C=O) groups is 2. The second-order valence-corrected chi connectivity index (χ2v) is 5.94. The van der Waals surface area contributed by atoms with Gasteiger partial charge in [0.25, 0.3) is 0 Å². The smallest absolute Gasteiger partial charge is 0.335 e. The van der Waals surface area contributed by atoms with Crippen LogP contribution in [0.5, 0.6) is 0 Å². The zero-order valence-corrected chi connectivity index (χ0v) is 12.1. The Morgan fingerprint density at radius 1 is 0.895 bits per heavy atom. The molecule has 4 nitrogen and oxygen atoms in total. The summed E-state index contributed by atoms with van der Waals surface area (Å²) in [6.07, 6.45) is 2.52. The first-order valence-corrected chi connectivity index (χ1v) is 7.06. The van der Waals surface area contributed by atoms with Gasteiger partial charge < -0.3 is 9.47 Å². The molecule has 2 rings (SSSR count). The zero-order chi connectivity index (χ0) is 14.2. The van der Waals surface area contributed by atoms with Crippen LogP contribution in [-0.2, 0) is 19.1 Å². The van der Waals surface area contributed by atoms with Gasteiger partial charge in [-0.1, -0.05) is 0 Å². The van der Waals surface area contributed by atoms with E-state index < -0.39 is 0 Å². The molecule has 2 unspecified atom stereocenters. The van der Waals surface area contributed by atoms with Gasteiger partial charge in [-0.05, 0) is 58.8 Å². The van der Waals surface area contributed by atoms with Gasteiger partial charge in [-0.2, -0.15) is 0 Å². The third-order valence-corrected chi connectivity index (χ3v) is 3.66. The Balaban J connectivity index is 2.25. The van der Waals surface area contributed by atoms with E-state index >= 15 is 0 Å². The van der Waals surface area contributed by atoms with Crippen molar-refractivity contribution >= 4 is 11.9 Å². The second kappa shape index (κ2) is 5.35. The SMILES string of the molecule is CC(C)OC(=O)C1=C(C(=O)OC(C)C)C2CCC1C2. The fourth-order valence-corrected chi connectivity index (χ4v) is 3.05. The highest BCUT2D eigenvalue weighted by Gasteiger charge is 2.46. The number of rotatable bonds is 4. The van der Waals surface area contributed by atoms with E-state index in [0.717, 1.165) is 19.3 Å². The maximum atomic E-state index is 12.2. The Morgan fingerprint density at radius 2 is 1.26 bits per heavy atom. The van der Waals surface area contributed by atoms with E-state index in [9.17, 15) is 9.59 Å². The minimum absolute atomic E-state index is 0.165. The van der Waals surface area contributed by atoms with Crippen LogP contribution >= 0.6 is 0 Å². The number of carbonyl (C=O) groups excluding carboxylic acids is 2. The largest absolute Gasteiger partial charge is 0.460 e. The van der Waals surface area contributed by atoms with Crippen molar-refractivity contribution in [1.82, 2.24) is 0 Å². The lowest BCUT2D eigenvalue weighted by atomic mass is 9.91. The number of fused-ring (bicyclic) bond motifs is 2. The predicted octanol–water partition coefficient (Wildman–Crippen LogP) is 2.62. The molecule has 0 saturated heterocycles. The van der Waals surface area contributed by atoms with Crippen LogP contribution in [0.15, 0.2) is 11.1 Å². The normalized spacial score (nSPS) is 25.4. The van der Waals surface area contributed by atoms with Gasteiger partial charge in [0.2, 0.25) is 0 Å². The molecule has 2 bridgehead atoms. The van der Waals surface area contributed by atoms with Gasteiger partial charge >= 0.3 is 11.9 Å². The lowest BCUT2D eigenvalue weighted by molar-refractivity contribution is -0.146. The van der Waals surface area contributed by atoms with Crippen LogP contribution in [0.3, 0.4) is 0 Å². The summed E-state index contributed by atoms with van der Waals surface area (Å²) >= 11 is 0. The minimum atomic E-state index is -0.335. The summed E-state index contributed by atoms with van der Waals surface area (Å²) in [6, 6.07) is 0. The molecule has 0 aromatic rings. The number of esters is 2. The lowest BCUT2D eigenvalue weighted by Gasteiger charge is -2.19. The van der Waals surface area contributed by atoms with E-state index in [1.54, 1.807) is 0 Å². The van der Waals surface area contributed by atoms with E-state index in [2.05, 4.69) is 0 Å². The van der Waals surface area contributed by atoms with Crippen molar-refractivity contribution in [1.29, 1.82) is 0 Å². The van der Waals surface area contributed by atoms with E-state index in [1.807, 2.05) is 27.7 Å². The summed E-state index contributed by atoms with van der Waals surface area (Å²) in [6.45, 7) is 7.27. The van der Waals surface area contributed by atoms with Gasteiger partial charge in [0.15, 0.2) is 0 Å². The Labute approximate surface area is 114 Å². The summed E-state index contributed by atoms with van der Waals surface area (Å²) in [5.41, 5.74) is 1.16. The van der Waals surface area contributed by atoms with Crippen molar-refractivity contribution in [2.45, 2.75) is 59.2 Å². The topological polar surface area (TPSA) is 52.6 Å². The minimum Gasteiger partial charge on any atom is -0.460 e. The first-order chi connectivity index (χ1) is 8.90. The lowest BCUT2D eigenvalue weighted by Crippen LogP contribution is -2.24. The molecule has 4 heteroatoms. The van der Waals surface area contributed by atoms with Gasteiger partial charge in [0, 0.05) is 0 Å². The molecule has 0 aromatic heterocycles. The molecule has 2 aliphatic rings. The molecule has 2 atom stereocenters. The van der Waals surface area contributed by atoms with Gasteiger partial charge in [-0.3, -0.25) is 0 Å². The molecular formula is C15H22O4. The highest BCUT2D eigenvalue weighted by molar-refractivity contribution is 6.02. The van der Waals surface area contributed by atoms with Crippen LogP contribution in [-0.4, -0.2) is 24.1 Å². The molecule has 1 saturated carbocycles. The molecule has 2 aliphatic carbocycles. The monoisotopic (exact) mass is 266 g/mol. The van der Waals surface area contributed by atoms with E-state index in [1.165, 1.54) is 0 Å². The Bertz CT molecular complexity index is 382.